The number of aromatic nitrogens is 4. The second-order valence-electron chi connectivity index (χ2n) is 6.01. The fraction of sp³-hybridized carbons (Fsp3) is 0.500. The lowest BCUT2D eigenvalue weighted by Gasteiger charge is -2.35. The Morgan fingerprint density at radius 3 is 2.64 bits per heavy atom. The normalized spacial score (nSPS) is 16.8. The molecule has 2 heterocycles. The molecule has 0 radical (unpaired) electrons. The summed E-state index contributed by atoms with van der Waals surface area (Å²) in [5.41, 5.74) is 6.76. The molecule has 1 saturated heterocycles. The first-order valence-corrected chi connectivity index (χ1v) is 8.27. The fourth-order valence-electron chi connectivity index (χ4n) is 2.89. The highest BCUT2D eigenvalue weighted by Gasteiger charge is 2.26. The number of tetrazole rings is 1. The molecular formula is C16H23N7O2. The van der Waals surface area contributed by atoms with Crippen LogP contribution in [0.1, 0.15) is 5.82 Å². The molecule has 2 aromatic rings. The van der Waals surface area contributed by atoms with Gasteiger partial charge in [0, 0.05) is 33.3 Å². The Labute approximate surface area is 146 Å². The van der Waals surface area contributed by atoms with Crippen molar-refractivity contribution in [2.75, 3.05) is 39.9 Å². The SMILES string of the molecule is COCC(N)C(=O)N1CCN(Cc2nnnn2-c2ccccc2)CC1. The smallest absolute Gasteiger partial charge is 0.241 e. The molecular weight excluding hydrogens is 322 g/mol. The third kappa shape index (κ3) is 4.19. The zero-order valence-corrected chi connectivity index (χ0v) is 14.3. The number of nitrogens with zero attached hydrogens (tertiary/aromatic N) is 6. The average molecular weight is 345 g/mol. The van der Waals surface area contributed by atoms with Crippen LogP contribution in [0.3, 0.4) is 0 Å². The number of rotatable bonds is 6. The molecule has 25 heavy (non-hydrogen) atoms. The third-order valence-electron chi connectivity index (χ3n) is 4.25. The van der Waals surface area contributed by atoms with E-state index in [1.165, 1.54) is 0 Å². The van der Waals surface area contributed by atoms with Crippen LogP contribution in [0.5, 0.6) is 0 Å². The Kier molecular flexibility index (Phi) is 5.69. The number of ether oxygens (including phenoxy) is 1. The lowest BCUT2D eigenvalue weighted by molar-refractivity contribution is -0.135. The van der Waals surface area contributed by atoms with Gasteiger partial charge < -0.3 is 15.4 Å². The summed E-state index contributed by atoms with van der Waals surface area (Å²) in [4.78, 5) is 16.2. The van der Waals surface area contributed by atoms with Gasteiger partial charge >= 0.3 is 0 Å². The third-order valence-corrected chi connectivity index (χ3v) is 4.25. The van der Waals surface area contributed by atoms with Crippen LogP contribution in [-0.2, 0) is 16.1 Å². The van der Waals surface area contributed by atoms with Gasteiger partial charge in [-0.2, -0.15) is 4.68 Å². The number of carbonyl (C=O) groups excluding carboxylic acids is 1. The largest absolute Gasteiger partial charge is 0.383 e. The molecule has 1 atom stereocenters. The van der Waals surface area contributed by atoms with Crippen molar-refractivity contribution in [3.63, 3.8) is 0 Å². The molecule has 0 spiro atoms. The van der Waals surface area contributed by atoms with Crippen molar-refractivity contribution in [1.82, 2.24) is 30.0 Å². The molecule has 1 fully saturated rings. The van der Waals surface area contributed by atoms with Crippen LogP contribution >= 0.6 is 0 Å². The molecule has 1 aromatic carbocycles. The van der Waals surface area contributed by atoms with Crippen LogP contribution < -0.4 is 5.73 Å². The molecule has 9 nitrogen and oxygen atoms in total. The van der Waals surface area contributed by atoms with Crippen LogP contribution in [0.15, 0.2) is 30.3 Å². The van der Waals surface area contributed by atoms with E-state index < -0.39 is 6.04 Å². The number of piperazine rings is 1. The van der Waals surface area contributed by atoms with Crippen molar-refractivity contribution in [1.29, 1.82) is 0 Å². The van der Waals surface area contributed by atoms with E-state index >= 15 is 0 Å². The maximum Gasteiger partial charge on any atom is 0.241 e. The van der Waals surface area contributed by atoms with Crippen LogP contribution in [0.4, 0.5) is 0 Å². The van der Waals surface area contributed by atoms with E-state index in [1.807, 2.05) is 30.3 Å². The quantitative estimate of drug-likeness (QED) is 0.737. The van der Waals surface area contributed by atoms with Gasteiger partial charge in [0.25, 0.3) is 0 Å². The van der Waals surface area contributed by atoms with Gasteiger partial charge in [-0.05, 0) is 22.6 Å². The zero-order chi connectivity index (χ0) is 17.6. The highest BCUT2D eigenvalue weighted by Crippen LogP contribution is 2.11. The van der Waals surface area contributed by atoms with Crippen molar-refractivity contribution in [2.45, 2.75) is 12.6 Å². The summed E-state index contributed by atoms with van der Waals surface area (Å²) in [6.45, 7) is 3.67. The van der Waals surface area contributed by atoms with Crippen molar-refractivity contribution in [3.05, 3.63) is 36.2 Å². The summed E-state index contributed by atoms with van der Waals surface area (Å²) in [6.07, 6.45) is 0. The number of para-hydroxylation sites is 1. The van der Waals surface area contributed by atoms with E-state index in [1.54, 1.807) is 16.7 Å². The minimum atomic E-state index is -0.595. The van der Waals surface area contributed by atoms with Gasteiger partial charge in [-0.1, -0.05) is 18.2 Å². The number of methoxy groups -OCH3 is 1. The van der Waals surface area contributed by atoms with E-state index in [0.717, 1.165) is 24.6 Å². The first-order valence-electron chi connectivity index (χ1n) is 8.27. The van der Waals surface area contributed by atoms with E-state index in [0.29, 0.717) is 19.6 Å². The van der Waals surface area contributed by atoms with Crippen LogP contribution in [-0.4, -0.2) is 81.9 Å². The monoisotopic (exact) mass is 345 g/mol. The number of hydrogen-bond donors (Lipinski definition) is 1. The van der Waals surface area contributed by atoms with Crippen molar-refractivity contribution < 1.29 is 9.53 Å². The Morgan fingerprint density at radius 1 is 1.24 bits per heavy atom. The van der Waals surface area contributed by atoms with Gasteiger partial charge in [0.1, 0.15) is 6.04 Å². The number of benzene rings is 1. The van der Waals surface area contributed by atoms with Gasteiger partial charge in [-0.25, -0.2) is 0 Å². The summed E-state index contributed by atoms with van der Waals surface area (Å²) in [7, 11) is 1.54. The number of amides is 1. The van der Waals surface area contributed by atoms with Gasteiger partial charge in [-0.15, -0.1) is 5.10 Å². The van der Waals surface area contributed by atoms with Crippen molar-refractivity contribution in [2.24, 2.45) is 5.73 Å². The topological polar surface area (TPSA) is 102 Å². The molecule has 0 aliphatic carbocycles. The van der Waals surface area contributed by atoms with Gasteiger partial charge in [0.05, 0.1) is 18.8 Å². The van der Waals surface area contributed by atoms with Crippen LogP contribution in [0.25, 0.3) is 5.69 Å². The summed E-state index contributed by atoms with van der Waals surface area (Å²) < 4.78 is 6.70. The van der Waals surface area contributed by atoms with E-state index in [-0.39, 0.29) is 12.5 Å². The molecule has 0 bridgehead atoms. The molecule has 1 amide bonds. The average Bonchev–Trinajstić information content (AvgIpc) is 3.11. The Morgan fingerprint density at radius 2 is 1.96 bits per heavy atom. The molecule has 1 aromatic heterocycles. The van der Waals surface area contributed by atoms with Gasteiger partial charge in [0.15, 0.2) is 5.82 Å². The van der Waals surface area contributed by atoms with Gasteiger partial charge in [-0.3, -0.25) is 9.69 Å². The summed E-state index contributed by atoms with van der Waals surface area (Å²) in [5, 5.41) is 12.0. The Bertz CT molecular complexity index is 683. The van der Waals surface area contributed by atoms with Crippen molar-refractivity contribution in [3.8, 4) is 5.69 Å². The molecule has 1 aliphatic heterocycles. The number of hydrogen-bond acceptors (Lipinski definition) is 7. The first-order chi connectivity index (χ1) is 12.2. The highest BCUT2D eigenvalue weighted by atomic mass is 16.5. The molecule has 9 heteroatoms. The summed E-state index contributed by atoms with van der Waals surface area (Å²) in [6, 6.07) is 9.20. The predicted molar refractivity (Wildman–Crippen MR) is 90.9 cm³/mol. The second-order valence-corrected chi connectivity index (χ2v) is 6.01. The zero-order valence-electron chi connectivity index (χ0n) is 14.3. The minimum absolute atomic E-state index is 0.0596. The summed E-state index contributed by atoms with van der Waals surface area (Å²) in [5.74, 6) is 0.720. The molecule has 134 valence electrons. The fourth-order valence-corrected chi connectivity index (χ4v) is 2.89. The molecule has 2 N–H and O–H groups in total. The van der Waals surface area contributed by atoms with E-state index in [2.05, 4.69) is 20.4 Å². The first kappa shape index (κ1) is 17.5. The second kappa shape index (κ2) is 8.15. The maximum absolute atomic E-state index is 12.2. The highest BCUT2D eigenvalue weighted by molar-refractivity contribution is 5.81. The Hall–Kier alpha value is -2.36. The lowest BCUT2D eigenvalue weighted by atomic mass is 10.2. The lowest BCUT2D eigenvalue weighted by Crippen LogP contribution is -2.54. The molecule has 0 saturated carbocycles. The number of nitrogens with two attached hydrogens (primary N) is 1. The van der Waals surface area contributed by atoms with Gasteiger partial charge in [0.2, 0.25) is 5.91 Å². The van der Waals surface area contributed by atoms with Crippen molar-refractivity contribution >= 4 is 5.91 Å². The molecule has 1 unspecified atom stereocenters. The van der Waals surface area contributed by atoms with E-state index in [9.17, 15) is 4.79 Å². The van der Waals surface area contributed by atoms with Crippen LogP contribution in [0, 0.1) is 0 Å². The van der Waals surface area contributed by atoms with E-state index in [4.69, 9.17) is 10.5 Å². The predicted octanol–water partition coefficient (Wildman–Crippen LogP) is -0.720. The minimum Gasteiger partial charge on any atom is -0.383 e. The van der Waals surface area contributed by atoms with Crippen LogP contribution in [0.2, 0.25) is 0 Å². The standard InChI is InChI=1S/C16H23N7O2/c1-25-12-14(17)16(24)22-9-7-21(8-10-22)11-15-18-19-20-23(15)13-5-3-2-4-6-13/h2-6,14H,7-12,17H2,1H3. The molecule has 3 rings (SSSR count). The summed E-state index contributed by atoms with van der Waals surface area (Å²) >= 11 is 0. The maximum atomic E-state index is 12.2. The Balaban J connectivity index is 1.57. The number of carbonyl (C=O) groups is 1. The molecule has 1 aliphatic rings.